The van der Waals surface area contributed by atoms with Crippen LogP contribution in [-0.2, 0) is 6.54 Å². The zero-order valence-electron chi connectivity index (χ0n) is 11.7. The van der Waals surface area contributed by atoms with Crippen LogP contribution < -0.4 is 17.0 Å². The lowest BCUT2D eigenvalue weighted by atomic mass is 10.1. The quantitative estimate of drug-likeness (QED) is 0.494. The predicted molar refractivity (Wildman–Crippen MR) is 78.0 cm³/mol. The van der Waals surface area contributed by atoms with Gasteiger partial charge in [0, 0.05) is 23.0 Å². The Morgan fingerprint density at radius 2 is 2.14 bits per heavy atom. The number of hydrogen-bond acceptors (Lipinski definition) is 6. The van der Waals surface area contributed by atoms with Crippen LogP contribution in [0.3, 0.4) is 0 Å². The molecule has 0 amide bonds. The highest BCUT2D eigenvalue weighted by atomic mass is 16.6. The molecule has 21 heavy (non-hydrogen) atoms. The zero-order valence-corrected chi connectivity index (χ0v) is 11.7. The van der Waals surface area contributed by atoms with Crippen LogP contribution in [0.4, 0.5) is 11.4 Å². The van der Waals surface area contributed by atoms with Crippen LogP contribution in [0.2, 0.25) is 0 Å². The van der Waals surface area contributed by atoms with E-state index in [1.807, 2.05) is 0 Å². The Bertz CT molecular complexity index is 754. The van der Waals surface area contributed by atoms with Crippen LogP contribution in [0, 0.1) is 24.0 Å². The monoisotopic (exact) mass is 289 g/mol. The van der Waals surface area contributed by atoms with Crippen molar-refractivity contribution in [2.45, 2.75) is 20.4 Å². The molecule has 0 spiro atoms. The van der Waals surface area contributed by atoms with E-state index in [1.165, 1.54) is 10.6 Å². The molecule has 1 aromatic heterocycles. The number of anilines is 1. The van der Waals surface area contributed by atoms with E-state index < -0.39 is 10.6 Å². The third-order valence-corrected chi connectivity index (χ3v) is 3.14. The number of aromatic nitrogens is 2. The van der Waals surface area contributed by atoms with Gasteiger partial charge in [0.05, 0.1) is 11.5 Å². The molecular formula is C13H15N5O3. The third kappa shape index (κ3) is 2.90. The van der Waals surface area contributed by atoms with Crippen LogP contribution >= 0.6 is 0 Å². The van der Waals surface area contributed by atoms with Gasteiger partial charge in [-0.1, -0.05) is 12.1 Å². The van der Waals surface area contributed by atoms with Crippen molar-refractivity contribution in [2.24, 2.45) is 5.84 Å². The number of nitrogens with two attached hydrogens (primary N) is 1. The average Bonchev–Trinajstić information content (AvgIpc) is 2.42. The van der Waals surface area contributed by atoms with Gasteiger partial charge in [-0.2, -0.15) is 4.98 Å². The first-order chi connectivity index (χ1) is 9.93. The Morgan fingerprint density at radius 1 is 1.43 bits per heavy atom. The van der Waals surface area contributed by atoms with Crippen molar-refractivity contribution in [1.82, 2.24) is 9.55 Å². The number of rotatable bonds is 4. The maximum Gasteiger partial charge on any atom is 0.348 e. The Balaban J connectivity index is 2.53. The number of para-hydroxylation sites is 1. The highest BCUT2D eigenvalue weighted by molar-refractivity contribution is 5.65. The Hall–Kier alpha value is -2.74. The van der Waals surface area contributed by atoms with Crippen molar-refractivity contribution in [3.05, 3.63) is 61.8 Å². The van der Waals surface area contributed by atoms with Gasteiger partial charge in [-0.25, -0.2) is 4.79 Å². The summed E-state index contributed by atoms with van der Waals surface area (Å²) >= 11 is 0. The molecule has 1 aromatic carbocycles. The van der Waals surface area contributed by atoms with Gasteiger partial charge in [0.1, 0.15) is 5.69 Å². The number of nitro benzene ring substituents is 1. The van der Waals surface area contributed by atoms with Crippen molar-refractivity contribution < 1.29 is 4.92 Å². The molecule has 0 unspecified atom stereocenters. The van der Waals surface area contributed by atoms with Crippen molar-refractivity contribution in [3.63, 3.8) is 0 Å². The van der Waals surface area contributed by atoms with Gasteiger partial charge in [0.15, 0.2) is 0 Å². The highest BCUT2D eigenvalue weighted by Crippen LogP contribution is 2.27. The molecular weight excluding hydrogens is 274 g/mol. The van der Waals surface area contributed by atoms with Gasteiger partial charge in [-0.05, 0) is 19.9 Å². The maximum absolute atomic E-state index is 11.9. The first kappa shape index (κ1) is 14.7. The molecule has 0 aliphatic carbocycles. The van der Waals surface area contributed by atoms with Crippen molar-refractivity contribution >= 4 is 11.4 Å². The minimum atomic E-state index is -0.526. The van der Waals surface area contributed by atoms with Gasteiger partial charge in [-0.3, -0.25) is 20.5 Å². The van der Waals surface area contributed by atoms with Gasteiger partial charge in [-0.15, -0.1) is 0 Å². The first-order valence-electron chi connectivity index (χ1n) is 6.22. The molecule has 0 atom stereocenters. The molecule has 8 nitrogen and oxygen atoms in total. The van der Waals surface area contributed by atoms with Crippen molar-refractivity contribution in [3.8, 4) is 0 Å². The summed E-state index contributed by atoms with van der Waals surface area (Å²) < 4.78 is 1.44. The molecule has 110 valence electrons. The summed E-state index contributed by atoms with van der Waals surface area (Å²) in [6.45, 7) is 3.67. The lowest BCUT2D eigenvalue weighted by Crippen LogP contribution is -2.26. The second-order valence-corrected chi connectivity index (χ2v) is 4.62. The number of hydrazine groups is 1. The average molecular weight is 289 g/mol. The summed E-state index contributed by atoms with van der Waals surface area (Å²) in [6.07, 6.45) is 0. The fourth-order valence-electron chi connectivity index (χ4n) is 2.17. The molecule has 0 fully saturated rings. The van der Waals surface area contributed by atoms with Gasteiger partial charge in [0.25, 0.3) is 5.69 Å². The highest BCUT2D eigenvalue weighted by Gasteiger charge is 2.17. The number of nitrogens with one attached hydrogen (secondary N) is 1. The summed E-state index contributed by atoms with van der Waals surface area (Å²) in [4.78, 5) is 26.3. The van der Waals surface area contributed by atoms with Crippen molar-refractivity contribution in [1.29, 1.82) is 0 Å². The molecule has 0 bridgehead atoms. The lowest BCUT2D eigenvalue weighted by molar-refractivity contribution is -0.384. The van der Waals surface area contributed by atoms with Crippen LogP contribution in [0.5, 0.6) is 0 Å². The molecule has 2 rings (SSSR count). The smallest absolute Gasteiger partial charge is 0.318 e. The fraction of sp³-hybridized carbons (Fsp3) is 0.231. The Labute approximate surface area is 120 Å². The predicted octanol–water partition coefficient (Wildman–Crippen LogP) is 1.10. The van der Waals surface area contributed by atoms with Gasteiger partial charge in [0.2, 0.25) is 0 Å². The summed E-state index contributed by atoms with van der Waals surface area (Å²) in [5, 5.41) is 11.0. The van der Waals surface area contributed by atoms with E-state index in [2.05, 4.69) is 10.4 Å². The van der Waals surface area contributed by atoms with E-state index >= 15 is 0 Å². The maximum atomic E-state index is 11.9. The van der Waals surface area contributed by atoms with Crippen LogP contribution in [-0.4, -0.2) is 14.5 Å². The summed E-state index contributed by atoms with van der Waals surface area (Å²) in [7, 11) is 0. The number of nitrogen functional groups attached to an aromatic ring is 1. The van der Waals surface area contributed by atoms with Crippen LogP contribution in [0.25, 0.3) is 0 Å². The first-order valence-corrected chi connectivity index (χ1v) is 6.22. The summed E-state index contributed by atoms with van der Waals surface area (Å²) in [6, 6.07) is 6.35. The molecule has 8 heteroatoms. The third-order valence-electron chi connectivity index (χ3n) is 3.14. The summed E-state index contributed by atoms with van der Waals surface area (Å²) in [5.74, 6) is 5.39. The number of hydrogen-bond donors (Lipinski definition) is 2. The van der Waals surface area contributed by atoms with Crippen LogP contribution in [0.1, 0.15) is 17.0 Å². The Kier molecular flexibility index (Phi) is 3.99. The topological polar surface area (TPSA) is 116 Å². The molecule has 3 N–H and O–H groups in total. The molecule has 1 heterocycles. The molecule has 0 aliphatic heterocycles. The number of nitrogens with zero attached hydrogens (tertiary/aromatic N) is 3. The fourth-order valence-corrected chi connectivity index (χ4v) is 2.17. The molecule has 0 saturated heterocycles. The van der Waals surface area contributed by atoms with Gasteiger partial charge < -0.3 is 5.43 Å². The largest absolute Gasteiger partial charge is 0.348 e. The van der Waals surface area contributed by atoms with Crippen molar-refractivity contribution in [2.75, 3.05) is 5.43 Å². The van der Waals surface area contributed by atoms with E-state index in [9.17, 15) is 14.9 Å². The lowest BCUT2D eigenvalue weighted by Gasteiger charge is -2.13. The standard InChI is InChI=1S/C13H15N5O3/c1-8-6-9(2)17(13(19)15-8)7-10-4-3-5-11(18(20)21)12(10)16-14/h3-6,16H,7,14H2,1-2H3. The minimum Gasteiger partial charge on any atom is -0.318 e. The normalized spacial score (nSPS) is 10.4. The zero-order chi connectivity index (χ0) is 15.6. The number of benzene rings is 1. The SMILES string of the molecule is Cc1cc(C)n(Cc2cccc([N+](=O)[O-])c2NN)c(=O)n1. The molecule has 0 aliphatic rings. The van der Waals surface area contributed by atoms with Crippen LogP contribution in [0.15, 0.2) is 29.1 Å². The van der Waals surface area contributed by atoms with E-state index in [1.54, 1.807) is 32.0 Å². The molecule has 0 saturated carbocycles. The minimum absolute atomic E-state index is 0.138. The van der Waals surface area contributed by atoms with E-state index in [4.69, 9.17) is 5.84 Å². The van der Waals surface area contributed by atoms with E-state index in [0.717, 1.165) is 5.69 Å². The molecule has 2 aromatic rings. The Morgan fingerprint density at radius 3 is 2.71 bits per heavy atom. The van der Waals surface area contributed by atoms with Gasteiger partial charge >= 0.3 is 5.69 Å². The number of aryl methyl sites for hydroxylation is 2. The number of nitro groups is 1. The second kappa shape index (κ2) is 5.71. The molecule has 0 radical (unpaired) electrons. The van der Waals surface area contributed by atoms with E-state index in [-0.39, 0.29) is 17.9 Å². The van der Waals surface area contributed by atoms with E-state index in [0.29, 0.717) is 11.3 Å². The second-order valence-electron chi connectivity index (χ2n) is 4.62. The summed E-state index contributed by atoms with van der Waals surface area (Å²) in [5.41, 5.74) is 3.89.